The van der Waals surface area contributed by atoms with Crippen molar-refractivity contribution in [3.05, 3.63) is 58.3 Å². The Kier molecular flexibility index (Phi) is 4.43. The molecule has 0 spiro atoms. The molecule has 2 aromatic carbocycles. The molecule has 0 aliphatic rings. The second-order valence-corrected chi connectivity index (χ2v) is 5.97. The molecule has 0 aliphatic heterocycles. The van der Waals surface area contributed by atoms with Crippen molar-refractivity contribution >= 4 is 27.7 Å². The summed E-state index contributed by atoms with van der Waals surface area (Å²) in [6, 6.07) is 12.6. The van der Waals surface area contributed by atoms with E-state index in [1.165, 1.54) is 17.8 Å². The number of hydrogen-bond donors (Lipinski definition) is 1. The van der Waals surface area contributed by atoms with Crippen LogP contribution in [0.2, 0.25) is 0 Å². The topological polar surface area (TPSA) is 26.0 Å². The van der Waals surface area contributed by atoms with Gasteiger partial charge in [0.2, 0.25) is 0 Å². The van der Waals surface area contributed by atoms with Gasteiger partial charge in [-0.15, -0.1) is 0 Å². The monoisotopic (exact) mass is 325 g/mol. The summed E-state index contributed by atoms with van der Waals surface area (Å²) in [6.07, 6.45) is 0. The van der Waals surface area contributed by atoms with Gasteiger partial charge in [0.1, 0.15) is 5.82 Å². The first kappa shape index (κ1) is 13.6. The summed E-state index contributed by atoms with van der Waals surface area (Å²) in [4.78, 5) is 1.61. The van der Waals surface area contributed by atoms with Crippen LogP contribution in [0, 0.1) is 5.82 Å². The Hall–Kier alpha value is -0.840. The van der Waals surface area contributed by atoms with Crippen molar-refractivity contribution in [1.29, 1.82) is 0 Å². The zero-order valence-electron chi connectivity index (χ0n) is 9.86. The van der Waals surface area contributed by atoms with E-state index in [2.05, 4.69) is 15.9 Å². The van der Waals surface area contributed by atoms with Crippen LogP contribution in [0.1, 0.15) is 18.5 Å². The van der Waals surface area contributed by atoms with E-state index >= 15 is 0 Å². The van der Waals surface area contributed by atoms with E-state index < -0.39 is 0 Å². The molecule has 18 heavy (non-hydrogen) atoms. The van der Waals surface area contributed by atoms with Crippen LogP contribution in [0.25, 0.3) is 0 Å². The van der Waals surface area contributed by atoms with Crippen molar-refractivity contribution in [2.75, 3.05) is 0 Å². The average Bonchev–Trinajstić information content (AvgIpc) is 2.32. The summed E-state index contributed by atoms with van der Waals surface area (Å²) in [7, 11) is 0. The lowest BCUT2D eigenvalue weighted by Gasteiger charge is -2.10. The molecule has 0 aromatic heterocycles. The highest BCUT2D eigenvalue weighted by atomic mass is 79.9. The molecule has 94 valence electrons. The van der Waals surface area contributed by atoms with Gasteiger partial charge in [-0.25, -0.2) is 4.39 Å². The standard InChI is InChI=1S/C14H13BrFNS/c1-9(17)11-7-6-10(8-12(11)15)18-14-5-3-2-4-13(14)16/h2-9H,17H2,1H3/t9-/m0/s1. The Morgan fingerprint density at radius 1 is 1.22 bits per heavy atom. The molecule has 2 rings (SSSR count). The van der Waals surface area contributed by atoms with Gasteiger partial charge in [0.25, 0.3) is 0 Å². The molecule has 0 amide bonds. The summed E-state index contributed by atoms with van der Waals surface area (Å²) in [6.45, 7) is 1.93. The molecule has 0 bridgehead atoms. The quantitative estimate of drug-likeness (QED) is 0.880. The SMILES string of the molecule is C[C@H](N)c1ccc(Sc2ccccc2F)cc1Br. The molecule has 4 heteroatoms. The molecular formula is C14H13BrFNS. The van der Waals surface area contributed by atoms with E-state index in [0.717, 1.165) is 14.9 Å². The van der Waals surface area contributed by atoms with Gasteiger partial charge in [-0.3, -0.25) is 0 Å². The lowest BCUT2D eigenvalue weighted by Crippen LogP contribution is -2.05. The van der Waals surface area contributed by atoms with Gasteiger partial charge in [0.05, 0.1) is 0 Å². The van der Waals surface area contributed by atoms with Crippen molar-refractivity contribution in [2.24, 2.45) is 5.73 Å². The fraction of sp³-hybridized carbons (Fsp3) is 0.143. The molecule has 0 saturated carbocycles. The molecule has 0 heterocycles. The van der Waals surface area contributed by atoms with Crippen molar-refractivity contribution < 1.29 is 4.39 Å². The van der Waals surface area contributed by atoms with Gasteiger partial charge in [-0.2, -0.15) is 0 Å². The van der Waals surface area contributed by atoms with Crippen LogP contribution < -0.4 is 5.73 Å². The highest BCUT2D eigenvalue weighted by molar-refractivity contribution is 9.10. The molecule has 0 fully saturated rings. The first-order valence-electron chi connectivity index (χ1n) is 5.55. The van der Waals surface area contributed by atoms with Crippen LogP contribution in [-0.4, -0.2) is 0 Å². The fourth-order valence-electron chi connectivity index (χ4n) is 1.60. The van der Waals surface area contributed by atoms with Gasteiger partial charge < -0.3 is 5.73 Å². The number of halogens is 2. The van der Waals surface area contributed by atoms with Crippen LogP contribution in [-0.2, 0) is 0 Å². The second kappa shape index (κ2) is 5.87. The number of hydrogen-bond acceptors (Lipinski definition) is 2. The molecule has 1 atom stereocenters. The summed E-state index contributed by atoms with van der Waals surface area (Å²) >= 11 is 4.90. The predicted octanol–water partition coefficient (Wildman–Crippen LogP) is 4.76. The smallest absolute Gasteiger partial charge is 0.137 e. The number of benzene rings is 2. The highest BCUT2D eigenvalue weighted by Crippen LogP contribution is 2.33. The number of rotatable bonds is 3. The summed E-state index contributed by atoms with van der Waals surface area (Å²) in [5.41, 5.74) is 6.89. The minimum absolute atomic E-state index is 0.0214. The Labute approximate surface area is 119 Å². The number of nitrogens with two attached hydrogens (primary N) is 1. The summed E-state index contributed by atoms with van der Waals surface area (Å²) in [5, 5.41) is 0. The maximum absolute atomic E-state index is 13.5. The van der Waals surface area contributed by atoms with Crippen molar-refractivity contribution in [3.8, 4) is 0 Å². The molecule has 1 nitrogen and oxygen atoms in total. The predicted molar refractivity (Wildman–Crippen MR) is 77.3 cm³/mol. The summed E-state index contributed by atoms with van der Waals surface area (Å²) < 4.78 is 14.5. The molecule has 2 aromatic rings. The Morgan fingerprint density at radius 2 is 1.94 bits per heavy atom. The van der Waals surface area contributed by atoms with Crippen LogP contribution >= 0.6 is 27.7 Å². The van der Waals surface area contributed by atoms with Crippen molar-refractivity contribution in [2.45, 2.75) is 22.8 Å². The van der Waals surface area contributed by atoms with Crippen molar-refractivity contribution in [3.63, 3.8) is 0 Å². The minimum Gasteiger partial charge on any atom is -0.324 e. The van der Waals surface area contributed by atoms with Crippen LogP contribution in [0.3, 0.4) is 0 Å². The lowest BCUT2D eigenvalue weighted by molar-refractivity contribution is 0.602. The Balaban J connectivity index is 2.26. The molecule has 0 aliphatic carbocycles. The van der Waals surface area contributed by atoms with Gasteiger partial charge >= 0.3 is 0 Å². The Morgan fingerprint density at radius 3 is 2.56 bits per heavy atom. The lowest BCUT2D eigenvalue weighted by atomic mass is 10.1. The van der Waals surface area contributed by atoms with Crippen molar-refractivity contribution in [1.82, 2.24) is 0 Å². The first-order valence-corrected chi connectivity index (χ1v) is 7.16. The third-order valence-electron chi connectivity index (χ3n) is 2.53. The maximum atomic E-state index is 13.5. The zero-order valence-corrected chi connectivity index (χ0v) is 12.3. The van der Waals surface area contributed by atoms with E-state index in [0.29, 0.717) is 4.90 Å². The van der Waals surface area contributed by atoms with E-state index in [-0.39, 0.29) is 11.9 Å². The largest absolute Gasteiger partial charge is 0.324 e. The third kappa shape index (κ3) is 3.13. The second-order valence-electron chi connectivity index (χ2n) is 4.00. The normalized spacial score (nSPS) is 12.4. The minimum atomic E-state index is -0.199. The Bertz CT molecular complexity index is 557. The molecule has 2 N–H and O–H groups in total. The molecule has 0 saturated heterocycles. The van der Waals surface area contributed by atoms with E-state index in [1.54, 1.807) is 12.1 Å². The summed E-state index contributed by atoms with van der Waals surface area (Å²) in [5.74, 6) is -0.199. The van der Waals surface area contributed by atoms with Gasteiger partial charge in [-0.05, 0) is 36.8 Å². The molecule has 0 radical (unpaired) electrons. The maximum Gasteiger partial charge on any atom is 0.137 e. The van der Waals surface area contributed by atoms with Gasteiger partial charge in [0, 0.05) is 20.3 Å². The molecular weight excluding hydrogens is 313 g/mol. The zero-order chi connectivity index (χ0) is 13.1. The van der Waals surface area contributed by atoms with Crippen LogP contribution in [0.15, 0.2) is 56.7 Å². The van der Waals surface area contributed by atoms with E-state index in [9.17, 15) is 4.39 Å². The molecule has 0 unspecified atom stereocenters. The van der Waals surface area contributed by atoms with Gasteiger partial charge in [-0.1, -0.05) is 45.9 Å². The first-order chi connectivity index (χ1) is 8.58. The van der Waals surface area contributed by atoms with Crippen LogP contribution in [0.5, 0.6) is 0 Å². The van der Waals surface area contributed by atoms with Gasteiger partial charge in [0.15, 0.2) is 0 Å². The van der Waals surface area contributed by atoms with E-state index in [4.69, 9.17) is 5.73 Å². The third-order valence-corrected chi connectivity index (χ3v) is 4.25. The van der Waals surface area contributed by atoms with E-state index in [1.807, 2.05) is 31.2 Å². The fourth-order valence-corrected chi connectivity index (χ4v) is 3.37. The average molecular weight is 326 g/mol. The highest BCUT2D eigenvalue weighted by Gasteiger charge is 2.08. The van der Waals surface area contributed by atoms with Crippen LogP contribution in [0.4, 0.5) is 4.39 Å².